The fourth-order valence-corrected chi connectivity index (χ4v) is 8.70. The molecule has 4 unspecified atom stereocenters. The third kappa shape index (κ3) is 13.1. The van der Waals surface area contributed by atoms with Crippen LogP contribution in [0.15, 0.2) is 48.9 Å². The van der Waals surface area contributed by atoms with Crippen LogP contribution in [0, 0.1) is 12.8 Å². The van der Waals surface area contributed by atoms with Crippen molar-refractivity contribution in [2.24, 2.45) is 11.7 Å². The van der Waals surface area contributed by atoms with Gasteiger partial charge in [-0.3, -0.25) is 9.59 Å². The molecule has 2 saturated carbocycles. The number of benzene rings is 1. The SMILES string of the molecule is C=CCCCCC[C@H](NC(=O)OC(C)(C)C)C(=O)N1CC(C)(Oc2cc(-c3nc(C(C)C)cs3)nc3c(C)c(OC)ccc23)CC1[N-]C1(C(N)=O)CC1C=C.CC1(SO)CC1.[K+]. The zero-order valence-electron chi connectivity index (χ0n) is 38.3. The number of thiazole rings is 1. The third-order valence-electron chi connectivity index (χ3n) is 11.5. The molecule has 16 heteroatoms. The van der Waals surface area contributed by atoms with Crippen LogP contribution in [0.2, 0.25) is 0 Å². The summed E-state index contributed by atoms with van der Waals surface area (Å²) in [6.07, 6.45) is 8.86. The van der Waals surface area contributed by atoms with E-state index in [2.05, 4.69) is 39.2 Å². The molecule has 0 spiro atoms. The summed E-state index contributed by atoms with van der Waals surface area (Å²) in [5, 5.41) is 11.4. The van der Waals surface area contributed by atoms with Crippen molar-refractivity contribution in [1.82, 2.24) is 20.2 Å². The average Bonchev–Trinajstić information content (AvgIpc) is 4.00. The van der Waals surface area contributed by atoms with Crippen molar-refractivity contribution in [2.45, 2.75) is 153 Å². The summed E-state index contributed by atoms with van der Waals surface area (Å²) in [4.78, 5) is 52.3. The van der Waals surface area contributed by atoms with Gasteiger partial charge in [-0.05, 0) is 122 Å². The number of unbranched alkanes of at least 4 members (excludes halogenated alkanes) is 3. The smallest absolute Gasteiger partial charge is 0.628 e. The van der Waals surface area contributed by atoms with Gasteiger partial charge in [-0.2, -0.15) is 0 Å². The Balaban J connectivity index is 0.00000111. The predicted octanol–water partition coefficient (Wildman–Crippen LogP) is 7.08. The van der Waals surface area contributed by atoms with E-state index in [4.69, 9.17) is 39.8 Å². The average molecular weight is 917 g/mol. The van der Waals surface area contributed by atoms with Gasteiger partial charge in [-0.1, -0.05) is 51.4 Å². The zero-order valence-corrected chi connectivity index (χ0v) is 43.1. The summed E-state index contributed by atoms with van der Waals surface area (Å²) in [6.45, 7) is 23.3. The van der Waals surface area contributed by atoms with Gasteiger partial charge in [0.25, 0.3) is 0 Å². The van der Waals surface area contributed by atoms with Crippen molar-refractivity contribution in [2.75, 3.05) is 13.7 Å². The molecule has 1 aliphatic heterocycles. The molecule has 0 bridgehead atoms. The monoisotopic (exact) mass is 916 g/mol. The molecule has 13 nitrogen and oxygen atoms in total. The number of amides is 3. The van der Waals surface area contributed by atoms with Gasteiger partial charge in [0.15, 0.2) is 0 Å². The van der Waals surface area contributed by atoms with Gasteiger partial charge in [-0.25, -0.2) is 14.8 Å². The predicted molar refractivity (Wildman–Crippen MR) is 245 cm³/mol. The number of allylic oxidation sites excluding steroid dienone is 1. The number of alkyl carbamates (subject to hydrolysis) is 1. The Hall–Kier alpha value is -2.54. The van der Waals surface area contributed by atoms with E-state index in [9.17, 15) is 14.4 Å². The van der Waals surface area contributed by atoms with E-state index in [1.165, 1.54) is 24.2 Å². The number of hydrogen-bond acceptors (Lipinski definition) is 11. The number of methoxy groups -OCH3 is 1. The maximum Gasteiger partial charge on any atom is 1.00 e. The largest absolute Gasteiger partial charge is 1.00 e. The van der Waals surface area contributed by atoms with Crippen LogP contribution < -0.4 is 71.9 Å². The molecule has 3 amide bonds. The molecule has 4 N–H and O–H groups in total. The minimum absolute atomic E-state index is 0. The normalized spacial score (nSPS) is 22.7. The maximum atomic E-state index is 14.7. The maximum absolute atomic E-state index is 14.7. The molecule has 334 valence electrons. The minimum atomic E-state index is -1.18. The standard InChI is InChI=1S/C42H57N6O6S.C4H8OS.K/c1-11-13-14-15-16-17-29(46-39(51)54-40(6,7)8)37(49)48-24-41(9,22-34(48)47-42(38(43)50)21-27(42)12-2)53-33-20-30(36-45-31(23-55-36)25(3)4)44-35-26(5)32(52-10)19-18-28(33)35;1-4(6-5)2-3-4;/h11-12,18-20,23,25,27,29,34H,1-2,13-17,21-22,24H2,3-10H3,(H2,43,50)(H,46,51);5H,2-3H2,1H3;/q-1;;+1/t27?,29-,34?,41?,42?;;/m0../s1. The minimum Gasteiger partial charge on any atom is -0.628 e. The van der Waals surface area contributed by atoms with E-state index in [1.807, 2.05) is 43.5 Å². The Labute approximate surface area is 418 Å². The van der Waals surface area contributed by atoms with Crippen molar-refractivity contribution < 1.29 is 84.5 Å². The molecule has 62 heavy (non-hydrogen) atoms. The molecule has 2 aliphatic carbocycles. The van der Waals surface area contributed by atoms with E-state index in [-0.39, 0.29) is 86.8 Å². The van der Waals surface area contributed by atoms with Gasteiger partial charge in [0.05, 0.1) is 24.9 Å². The van der Waals surface area contributed by atoms with Crippen LogP contribution in [0.3, 0.4) is 0 Å². The van der Waals surface area contributed by atoms with Crippen LogP contribution in [0.25, 0.3) is 26.9 Å². The molecular formula is C46H65KN6O7S2. The second kappa shape index (κ2) is 21.6. The number of rotatable bonds is 18. The van der Waals surface area contributed by atoms with E-state index in [0.717, 1.165) is 53.0 Å². The van der Waals surface area contributed by atoms with Crippen LogP contribution in [-0.2, 0) is 14.3 Å². The molecule has 6 rings (SSSR count). The van der Waals surface area contributed by atoms with Gasteiger partial charge in [0, 0.05) is 27.1 Å². The summed E-state index contributed by atoms with van der Waals surface area (Å²) in [5.41, 5.74) is 6.23. The van der Waals surface area contributed by atoms with E-state index >= 15 is 0 Å². The number of nitrogens with one attached hydrogen (secondary N) is 1. The number of likely N-dealkylation sites (tertiary alicyclic amines) is 1. The molecule has 5 atom stereocenters. The van der Waals surface area contributed by atoms with Crippen LogP contribution in [-0.4, -0.2) is 84.7 Å². The summed E-state index contributed by atoms with van der Waals surface area (Å²) in [6, 6.07) is 4.81. The van der Waals surface area contributed by atoms with Gasteiger partial charge in [-0.15, -0.1) is 24.5 Å². The zero-order chi connectivity index (χ0) is 44.9. The van der Waals surface area contributed by atoms with Crippen molar-refractivity contribution in [3.05, 3.63) is 65.5 Å². The van der Waals surface area contributed by atoms with Crippen molar-refractivity contribution >= 4 is 52.2 Å². The van der Waals surface area contributed by atoms with Gasteiger partial charge < -0.3 is 40.0 Å². The number of primary amides is 1. The Morgan fingerprint density at radius 3 is 2.37 bits per heavy atom. The first-order valence-electron chi connectivity index (χ1n) is 21.2. The number of carbonyl (C=O) groups is 3. The molecule has 1 aromatic carbocycles. The quantitative estimate of drug-likeness (QED) is 0.0517. The van der Waals surface area contributed by atoms with Crippen LogP contribution in [0.5, 0.6) is 11.5 Å². The van der Waals surface area contributed by atoms with Gasteiger partial charge in [0.1, 0.15) is 39.4 Å². The van der Waals surface area contributed by atoms with Gasteiger partial charge in [0.2, 0.25) is 11.8 Å². The summed E-state index contributed by atoms with van der Waals surface area (Å²) in [5.74, 6) is 0.363. The third-order valence-corrected chi connectivity index (χ3v) is 13.2. The number of aryl methyl sites for hydroxylation is 1. The van der Waals surface area contributed by atoms with E-state index in [1.54, 1.807) is 38.9 Å². The molecule has 2 aromatic heterocycles. The number of nitrogens with zero attached hydrogens (tertiary/aromatic N) is 4. The van der Waals surface area contributed by atoms with Crippen molar-refractivity contribution in [3.8, 4) is 22.2 Å². The van der Waals surface area contributed by atoms with E-state index in [0.29, 0.717) is 42.0 Å². The molecule has 3 fully saturated rings. The van der Waals surface area contributed by atoms with E-state index < -0.39 is 40.9 Å². The molecule has 3 aliphatic rings. The number of fused-ring (bicyclic) bond motifs is 1. The number of hydrogen-bond donors (Lipinski definition) is 3. The number of ether oxygens (including phenoxy) is 3. The van der Waals surface area contributed by atoms with Crippen molar-refractivity contribution in [3.63, 3.8) is 0 Å². The van der Waals surface area contributed by atoms with Crippen LogP contribution in [0.1, 0.15) is 123 Å². The molecule has 3 aromatic rings. The first kappa shape index (κ1) is 52.1. The van der Waals surface area contributed by atoms with Crippen LogP contribution in [0.4, 0.5) is 4.79 Å². The second-order valence-corrected chi connectivity index (χ2v) is 20.4. The number of nitrogens with two attached hydrogens (primary N) is 1. The summed E-state index contributed by atoms with van der Waals surface area (Å²) in [7, 11) is 1.63. The number of aromatic nitrogens is 2. The number of carbonyl (C=O) groups excluding carboxylic acids is 3. The summed E-state index contributed by atoms with van der Waals surface area (Å²) >= 11 is 2.51. The summed E-state index contributed by atoms with van der Waals surface area (Å²) < 4.78 is 26.9. The topological polar surface area (TPSA) is 180 Å². The Kier molecular flexibility index (Phi) is 18.2. The van der Waals surface area contributed by atoms with Crippen LogP contribution >= 0.6 is 23.4 Å². The fraction of sp³-hybridized carbons (Fsp3) is 0.587. The fourth-order valence-electron chi connectivity index (χ4n) is 7.47. The van der Waals surface area contributed by atoms with Gasteiger partial charge >= 0.3 is 57.5 Å². The first-order valence-corrected chi connectivity index (χ1v) is 22.9. The molecule has 1 saturated heterocycles. The van der Waals surface area contributed by atoms with Crippen molar-refractivity contribution in [1.29, 1.82) is 0 Å². The first-order chi connectivity index (χ1) is 28.7. The Bertz CT molecular complexity index is 2090. The number of pyridine rings is 1. The molecule has 3 heterocycles. The molecule has 0 radical (unpaired) electrons. The Morgan fingerprint density at radius 2 is 1.84 bits per heavy atom. The second-order valence-electron chi connectivity index (χ2n) is 18.4. The Morgan fingerprint density at radius 1 is 1.13 bits per heavy atom. The molecular weight excluding hydrogens is 852 g/mol.